The van der Waals surface area contributed by atoms with E-state index in [-0.39, 0.29) is 5.92 Å². The monoisotopic (exact) mass is 154 g/mol. The van der Waals surface area contributed by atoms with E-state index in [1.807, 2.05) is 0 Å². The zero-order valence-corrected chi connectivity index (χ0v) is 6.62. The third-order valence-electron chi connectivity index (χ3n) is 3.23. The fourth-order valence-corrected chi connectivity index (χ4v) is 2.71. The molecular formula is C9H14O2. The van der Waals surface area contributed by atoms with Gasteiger partial charge in [-0.1, -0.05) is 12.8 Å². The average Bonchev–Trinajstić information content (AvgIpc) is 2.30. The van der Waals surface area contributed by atoms with Crippen molar-refractivity contribution in [3.8, 4) is 0 Å². The Morgan fingerprint density at radius 2 is 1.64 bits per heavy atom. The van der Waals surface area contributed by atoms with Crippen LogP contribution in [0.4, 0.5) is 0 Å². The second kappa shape index (κ2) is 2.50. The first-order valence-corrected chi connectivity index (χ1v) is 4.48. The van der Waals surface area contributed by atoms with E-state index < -0.39 is 5.97 Å². The Morgan fingerprint density at radius 3 is 2.09 bits per heavy atom. The minimum absolute atomic E-state index is 0.0127. The van der Waals surface area contributed by atoms with E-state index in [9.17, 15) is 4.79 Å². The van der Waals surface area contributed by atoms with E-state index in [1.54, 1.807) is 0 Å². The second-order valence-corrected chi connectivity index (χ2v) is 4.05. The summed E-state index contributed by atoms with van der Waals surface area (Å²) in [5.74, 6) is 0.910. The fourth-order valence-electron chi connectivity index (χ4n) is 2.71. The standard InChI is InChI=1S/C9H14O2/c10-9(11)8-4-6-1-2-7(3-6)5-8/h6-8H,1-5H2,(H,10,11)/t6-,7-/m0/s1. The van der Waals surface area contributed by atoms with Crippen LogP contribution in [0.5, 0.6) is 0 Å². The Bertz CT molecular complexity index is 164. The molecule has 0 unspecified atom stereocenters. The highest BCUT2D eigenvalue weighted by Crippen LogP contribution is 2.44. The molecule has 0 aromatic rings. The summed E-state index contributed by atoms with van der Waals surface area (Å²) in [6.07, 6.45) is 5.78. The smallest absolute Gasteiger partial charge is 0.306 e. The van der Waals surface area contributed by atoms with E-state index in [2.05, 4.69) is 0 Å². The van der Waals surface area contributed by atoms with Crippen LogP contribution in [-0.2, 0) is 4.79 Å². The molecule has 2 atom stereocenters. The van der Waals surface area contributed by atoms with Crippen molar-refractivity contribution in [1.29, 1.82) is 0 Å². The molecular weight excluding hydrogens is 140 g/mol. The maximum Gasteiger partial charge on any atom is 0.306 e. The minimum Gasteiger partial charge on any atom is -0.481 e. The molecule has 0 amide bonds. The quantitative estimate of drug-likeness (QED) is 0.626. The van der Waals surface area contributed by atoms with Crippen LogP contribution in [0.2, 0.25) is 0 Å². The number of fused-ring (bicyclic) bond motifs is 2. The summed E-state index contributed by atoms with van der Waals surface area (Å²) in [4.78, 5) is 10.7. The lowest BCUT2D eigenvalue weighted by Gasteiger charge is -2.24. The Balaban J connectivity index is 2.02. The number of rotatable bonds is 1. The third-order valence-corrected chi connectivity index (χ3v) is 3.23. The summed E-state index contributed by atoms with van der Waals surface area (Å²) in [5.41, 5.74) is 0. The molecule has 0 heterocycles. The average molecular weight is 154 g/mol. The van der Waals surface area contributed by atoms with Gasteiger partial charge in [-0.05, 0) is 31.1 Å². The number of carbonyl (C=O) groups is 1. The normalized spacial score (nSPS) is 42.4. The number of aliphatic carboxylic acids is 1. The Hall–Kier alpha value is -0.530. The molecule has 0 spiro atoms. The highest BCUT2D eigenvalue weighted by atomic mass is 16.4. The van der Waals surface area contributed by atoms with E-state index in [0.29, 0.717) is 0 Å². The molecule has 0 aliphatic heterocycles. The maximum absolute atomic E-state index is 10.7. The van der Waals surface area contributed by atoms with E-state index >= 15 is 0 Å². The molecule has 0 saturated heterocycles. The molecule has 0 aromatic carbocycles. The Labute approximate surface area is 66.6 Å². The zero-order valence-electron chi connectivity index (χ0n) is 6.62. The van der Waals surface area contributed by atoms with Crippen LogP contribution in [0.3, 0.4) is 0 Å². The van der Waals surface area contributed by atoms with Gasteiger partial charge >= 0.3 is 5.97 Å². The third kappa shape index (κ3) is 1.26. The Morgan fingerprint density at radius 1 is 1.09 bits per heavy atom. The SMILES string of the molecule is O=C(O)C1C[C@H]2CC[C@H](C1)C2. The van der Waals surface area contributed by atoms with Crippen LogP contribution in [-0.4, -0.2) is 11.1 Å². The highest BCUT2D eigenvalue weighted by Gasteiger charge is 2.36. The summed E-state index contributed by atoms with van der Waals surface area (Å²) in [5, 5.41) is 8.80. The molecule has 2 saturated carbocycles. The van der Waals surface area contributed by atoms with Gasteiger partial charge in [0.1, 0.15) is 0 Å². The molecule has 1 N–H and O–H groups in total. The van der Waals surface area contributed by atoms with Crippen molar-refractivity contribution in [2.45, 2.75) is 32.1 Å². The lowest BCUT2D eigenvalue weighted by Crippen LogP contribution is -2.22. The second-order valence-electron chi connectivity index (χ2n) is 4.05. The van der Waals surface area contributed by atoms with Crippen LogP contribution >= 0.6 is 0 Å². The van der Waals surface area contributed by atoms with Crippen LogP contribution in [0.15, 0.2) is 0 Å². The minimum atomic E-state index is -0.568. The first kappa shape index (κ1) is 7.14. The predicted molar refractivity (Wildman–Crippen MR) is 41.2 cm³/mol. The predicted octanol–water partition coefficient (Wildman–Crippen LogP) is 1.90. The van der Waals surface area contributed by atoms with Crippen LogP contribution in [0, 0.1) is 17.8 Å². The zero-order chi connectivity index (χ0) is 7.84. The van der Waals surface area contributed by atoms with E-state index in [1.165, 1.54) is 19.3 Å². The van der Waals surface area contributed by atoms with Crippen molar-refractivity contribution in [3.63, 3.8) is 0 Å². The van der Waals surface area contributed by atoms with Crippen LogP contribution in [0.1, 0.15) is 32.1 Å². The summed E-state index contributed by atoms with van der Waals surface area (Å²) < 4.78 is 0. The summed E-state index contributed by atoms with van der Waals surface area (Å²) in [6.45, 7) is 0. The molecule has 2 heteroatoms. The van der Waals surface area contributed by atoms with Gasteiger partial charge in [-0.2, -0.15) is 0 Å². The highest BCUT2D eigenvalue weighted by molar-refractivity contribution is 5.70. The fraction of sp³-hybridized carbons (Fsp3) is 0.889. The van der Waals surface area contributed by atoms with Gasteiger partial charge in [-0.25, -0.2) is 0 Å². The van der Waals surface area contributed by atoms with Gasteiger partial charge < -0.3 is 5.11 Å². The molecule has 2 aliphatic carbocycles. The van der Waals surface area contributed by atoms with Gasteiger partial charge in [0.2, 0.25) is 0 Å². The summed E-state index contributed by atoms with van der Waals surface area (Å²) >= 11 is 0. The van der Waals surface area contributed by atoms with E-state index in [4.69, 9.17) is 5.11 Å². The molecule has 2 nitrogen and oxygen atoms in total. The van der Waals surface area contributed by atoms with Crippen molar-refractivity contribution in [2.24, 2.45) is 17.8 Å². The van der Waals surface area contributed by atoms with Crippen molar-refractivity contribution < 1.29 is 9.90 Å². The molecule has 2 aliphatic rings. The van der Waals surface area contributed by atoms with Gasteiger partial charge in [0.15, 0.2) is 0 Å². The van der Waals surface area contributed by atoms with Crippen molar-refractivity contribution >= 4 is 5.97 Å². The van der Waals surface area contributed by atoms with Crippen LogP contribution in [0.25, 0.3) is 0 Å². The molecule has 2 fully saturated rings. The molecule has 2 rings (SSSR count). The first-order valence-electron chi connectivity index (χ1n) is 4.48. The lowest BCUT2D eigenvalue weighted by atomic mass is 9.81. The number of hydrogen-bond acceptors (Lipinski definition) is 1. The topological polar surface area (TPSA) is 37.3 Å². The van der Waals surface area contributed by atoms with Gasteiger partial charge in [-0.15, -0.1) is 0 Å². The Kier molecular flexibility index (Phi) is 1.63. The van der Waals surface area contributed by atoms with E-state index in [0.717, 1.165) is 24.7 Å². The van der Waals surface area contributed by atoms with Crippen molar-refractivity contribution in [2.75, 3.05) is 0 Å². The van der Waals surface area contributed by atoms with Crippen molar-refractivity contribution in [3.05, 3.63) is 0 Å². The molecule has 0 radical (unpaired) electrons. The van der Waals surface area contributed by atoms with Gasteiger partial charge in [-0.3, -0.25) is 4.79 Å². The van der Waals surface area contributed by atoms with Crippen LogP contribution < -0.4 is 0 Å². The molecule has 62 valence electrons. The summed E-state index contributed by atoms with van der Waals surface area (Å²) in [6, 6.07) is 0. The molecule has 0 aromatic heterocycles. The lowest BCUT2D eigenvalue weighted by molar-refractivity contribution is -0.143. The maximum atomic E-state index is 10.7. The molecule has 2 bridgehead atoms. The number of carboxylic acid groups (broad SMARTS) is 1. The van der Waals surface area contributed by atoms with Gasteiger partial charge in [0, 0.05) is 0 Å². The number of hydrogen-bond donors (Lipinski definition) is 1. The number of carboxylic acids is 1. The van der Waals surface area contributed by atoms with Gasteiger partial charge in [0.25, 0.3) is 0 Å². The largest absolute Gasteiger partial charge is 0.481 e. The molecule has 11 heavy (non-hydrogen) atoms. The summed E-state index contributed by atoms with van der Waals surface area (Å²) in [7, 11) is 0. The first-order chi connectivity index (χ1) is 5.25. The van der Waals surface area contributed by atoms with Gasteiger partial charge in [0.05, 0.1) is 5.92 Å². The van der Waals surface area contributed by atoms with Crippen molar-refractivity contribution in [1.82, 2.24) is 0 Å².